The van der Waals surface area contributed by atoms with Gasteiger partial charge in [-0.05, 0) is 17.7 Å². The fraction of sp³-hybridized carbons (Fsp3) is 0. The third kappa shape index (κ3) is 2.25. The van der Waals surface area contributed by atoms with Crippen molar-refractivity contribution in [3.63, 3.8) is 0 Å². The van der Waals surface area contributed by atoms with Crippen LogP contribution in [0.3, 0.4) is 0 Å². The maximum Gasteiger partial charge on any atom is 0.0817 e. The van der Waals surface area contributed by atoms with Gasteiger partial charge in [0.2, 0.25) is 0 Å². The minimum atomic E-state index is 0.974. The highest BCUT2D eigenvalue weighted by atomic mass is 14.8. The van der Waals surface area contributed by atoms with Gasteiger partial charge in [0.25, 0.3) is 0 Å². The highest BCUT2D eigenvalue weighted by molar-refractivity contribution is 6.07. The summed E-state index contributed by atoms with van der Waals surface area (Å²) in [4.78, 5) is 9.49. The fourth-order valence-corrected chi connectivity index (χ4v) is 2.63. The summed E-state index contributed by atoms with van der Waals surface area (Å²) < 4.78 is 0. The fourth-order valence-electron chi connectivity index (χ4n) is 2.63. The van der Waals surface area contributed by atoms with Gasteiger partial charge in [0, 0.05) is 17.0 Å². The van der Waals surface area contributed by atoms with Crippen LogP contribution in [0.15, 0.2) is 83.9 Å². The first-order chi connectivity index (χ1) is 10.9. The molecule has 3 aromatic carbocycles. The van der Waals surface area contributed by atoms with Crippen LogP contribution in [0.2, 0.25) is 0 Å². The van der Waals surface area contributed by atoms with Crippen LogP contribution < -0.4 is 0 Å². The molecule has 0 aliphatic heterocycles. The molecule has 2 heteroatoms. The summed E-state index contributed by atoms with van der Waals surface area (Å²) in [5.74, 6) is 0. The molecule has 0 fully saturated rings. The number of aromatic nitrogens is 1. The first-order valence-electron chi connectivity index (χ1n) is 7.28. The molecule has 4 aromatic rings. The zero-order valence-corrected chi connectivity index (χ0v) is 12.0. The third-order valence-electron chi connectivity index (χ3n) is 3.70. The predicted octanol–water partition coefficient (Wildman–Crippen LogP) is 5.14. The largest absolute Gasteiger partial charge is 0.255 e. The summed E-state index contributed by atoms with van der Waals surface area (Å²) >= 11 is 0. The molecule has 0 radical (unpaired) electrons. The Hall–Kier alpha value is -3.00. The number of aliphatic imine (C=N–C) groups is 1. The van der Waals surface area contributed by atoms with Gasteiger partial charge in [0.15, 0.2) is 0 Å². The van der Waals surface area contributed by atoms with Gasteiger partial charge >= 0.3 is 0 Å². The number of nitrogens with zero attached hydrogens (tertiary/aromatic N) is 2. The van der Waals surface area contributed by atoms with E-state index in [2.05, 4.69) is 24.3 Å². The molecule has 22 heavy (non-hydrogen) atoms. The molecule has 0 unspecified atom stereocenters. The normalized spacial score (nSPS) is 11.5. The average molecular weight is 282 g/mol. The van der Waals surface area contributed by atoms with E-state index in [1.54, 1.807) is 0 Å². The highest BCUT2D eigenvalue weighted by Gasteiger charge is 2.06. The summed E-state index contributed by atoms with van der Waals surface area (Å²) in [7, 11) is 0. The van der Waals surface area contributed by atoms with Crippen molar-refractivity contribution in [2.24, 2.45) is 4.99 Å². The molecular weight excluding hydrogens is 268 g/mol. The second-order valence-corrected chi connectivity index (χ2v) is 5.16. The number of pyridine rings is 1. The van der Waals surface area contributed by atoms with Gasteiger partial charge < -0.3 is 0 Å². The van der Waals surface area contributed by atoms with Crippen molar-refractivity contribution in [1.29, 1.82) is 0 Å². The highest BCUT2D eigenvalue weighted by Crippen LogP contribution is 2.32. The van der Waals surface area contributed by atoms with E-state index in [0.29, 0.717) is 0 Å². The molecule has 0 aliphatic rings. The Morgan fingerprint density at radius 3 is 1.82 bits per heavy atom. The van der Waals surface area contributed by atoms with Crippen molar-refractivity contribution in [1.82, 2.24) is 4.98 Å². The number of fused-ring (bicyclic) bond motifs is 2. The van der Waals surface area contributed by atoms with Crippen LogP contribution in [0.4, 0.5) is 5.69 Å². The summed E-state index contributed by atoms with van der Waals surface area (Å²) in [5.41, 5.74) is 4.01. The molecule has 1 heterocycles. The summed E-state index contributed by atoms with van der Waals surface area (Å²) in [6.45, 7) is 0. The van der Waals surface area contributed by atoms with Gasteiger partial charge in [-0.25, -0.2) is 4.98 Å². The molecule has 0 saturated carbocycles. The van der Waals surface area contributed by atoms with Gasteiger partial charge in [-0.1, -0.05) is 66.7 Å². The number of hydrogen-bond donors (Lipinski definition) is 0. The molecule has 0 amide bonds. The summed E-state index contributed by atoms with van der Waals surface area (Å²) in [6, 6.07) is 26.4. The van der Waals surface area contributed by atoms with Crippen LogP contribution in [0.1, 0.15) is 5.56 Å². The van der Waals surface area contributed by atoms with Gasteiger partial charge in [0.1, 0.15) is 0 Å². The SMILES string of the molecule is C(=N\c1c2ccccc2nc2ccccc12)/c1ccccc1. The maximum atomic E-state index is 4.77. The zero-order valence-electron chi connectivity index (χ0n) is 12.0. The quantitative estimate of drug-likeness (QED) is 0.369. The molecule has 0 aliphatic carbocycles. The van der Waals surface area contributed by atoms with Crippen LogP contribution in [0.25, 0.3) is 21.8 Å². The second-order valence-electron chi connectivity index (χ2n) is 5.16. The van der Waals surface area contributed by atoms with Crippen molar-refractivity contribution in [3.8, 4) is 0 Å². The van der Waals surface area contributed by atoms with E-state index in [1.165, 1.54) is 0 Å². The van der Waals surface area contributed by atoms with E-state index in [4.69, 9.17) is 9.98 Å². The third-order valence-corrected chi connectivity index (χ3v) is 3.70. The topological polar surface area (TPSA) is 25.2 Å². The molecule has 104 valence electrons. The van der Waals surface area contributed by atoms with E-state index in [9.17, 15) is 0 Å². The van der Waals surface area contributed by atoms with Crippen molar-refractivity contribution < 1.29 is 0 Å². The van der Waals surface area contributed by atoms with Gasteiger partial charge in [0.05, 0.1) is 16.7 Å². The molecule has 0 spiro atoms. The Morgan fingerprint density at radius 2 is 1.18 bits per heavy atom. The lowest BCUT2D eigenvalue weighted by molar-refractivity contribution is 1.47. The molecule has 0 N–H and O–H groups in total. The molecule has 0 bridgehead atoms. The van der Waals surface area contributed by atoms with Crippen LogP contribution in [0, 0.1) is 0 Å². The maximum absolute atomic E-state index is 4.77. The Bertz CT molecular complexity index is 918. The number of rotatable bonds is 2. The molecule has 4 rings (SSSR count). The molecule has 1 aromatic heterocycles. The van der Waals surface area contributed by atoms with E-state index < -0.39 is 0 Å². The van der Waals surface area contributed by atoms with E-state index in [-0.39, 0.29) is 0 Å². The molecular formula is C20H14N2. The first kappa shape index (κ1) is 12.7. The van der Waals surface area contributed by atoms with E-state index >= 15 is 0 Å². The standard InChI is InChI=1S/C20H14N2/c1-2-8-15(9-3-1)14-21-20-16-10-4-6-12-18(16)22-19-13-7-5-11-17(19)20/h1-14H/b21-14+. The van der Waals surface area contributed by atoms with E-state index in [1.807, 2.05) is 60.8 Å². The Labute approximate surface area is 128 Å². The van der Waals surface area contributed by atoms with Crippen molar-refractivity contribution in [3.05, 3.63) is 84.4 Å². The van der Waals surface area contributed by atoms with Crippen LogP contribution in [-0.4, -0.2) is 11.2 Å². The van der Waals surface area contributed by atoms with Crippen molar-refractivity contribution >= 4 is 33.7 Å². The predicted molar refractivity (Wildman–Crippen MR) is 92.9 cm³/mol. The Kier molecular flexibility index (Phi) is 3.13. The minimum absolute atomic E-state index is 0.974. The lowest BCUT2D eigenvalue weighted by atomic mass is 10.1. The Morgan fingerprint density at radius 1 is 0.636 bits per heavy atom. The Balaban J connectivity index is 1.98. The van der Waals surface area contributed by atoms with Crippen molar-refractivity contribution in [2.45, 2.75) is 0 Å². The zero-order chi connectivity index (χ0) is 14.8. The lowest BCUT2D eigenvalue weighted by Gasteiger charge is -2.06. The second kappa shape index (κ2) is 5.41. The molecule has 0 atom stereocenters. The van der Waals surface area contributed by atoms with Gasteiger partial charge in [-0.3, -0.25) is 4.99 Å². The van der Waals surface area contributed by atoms with Crippen molar-refractivity contribution in [2.75, 3.05) is 0 Å². The average Bonchev–Trinajstić information content (AvgIpc) is 2.59. The molecule has 2 nitrogen and oxygen atoms in total. The van der Waals surface area contributed by atoms with Gasteiger partial charge in [-0.2, -0.15) is 0 Å². The lowest BCUT2D eigenvalue weighted by Crippen LogP contribution is -1.85. The summed E-state index contributed by atoms with van der Waals surface area (Å²) in [5, 5.41) is 2.15. The molecule has 0 saturated heterocycles. The summed E-state index contributed by atoms with van der Waals surface area (Å²) in [6.07, 6.45) is 1.91. The number of hydrogen-bond acceptors (Lipinski definition) is 2. The number of benzene rings is 3. The number of para-hydroxylation sites is 2. The van der Waals surface area contributed by atoms with E-state index in [0.717, 1.165) is 33.1 Å². The minimum Gasteiger partial charge on any atom is -0.255 e. The van der Waals surface area contributed by atoms with Crippen LogP contribution in [-0.2, 0) is 0 Å². The smallest absolute Gasteiger partial charge is 0.0817 e. The van der Waals surface area contributed by atoms with Crippen LogP contribution in [0.5, 0.6) is 0 Å². The van der Waals surface area contributed by atoms with Crippen LogP contribution >= 0.6 is 0 Å². The first-order valence-corrected chi connectivity index (χ1v) is 7.28. The monoisotopic (exact) mass is 282 g/mol. The van der Waals surface area contributed by atoms with Gasteiger partial charge in [-0.15, -0.1) is 0 Å².